The third-order valence-corrected chi connectivity index (χ3v) is 5.80. The zero-order chi connectivity index (χ0) is 15.7. The van der Waals surface area contributed by atoms with Crippen molar-refractivity contribution in [2.24, 2.45) is 7.05 Å². The molecule has 1 aromatic heterocycles. The molecule has 0 amide bonds. The van der Waals surface area contributed by atoms with E-state index < -0.39 is 10.0 Å². The third kappa shape index (κ3) is 2.51. The van der Waals surface area contributed by atoms with Gasteiger partial charge in [-0.1, -0.05) is 12.1 Å². The van der Waals surface area contributed by atoms with E-state index in [1.165, 1.54) is 8.99 Å². The van der Waals surface area contributed by atoms with Crippen molar-refractivity contribution in [3.63, 3.8) is 0 Å². The summed E-state index contributed by atoms with van der Waals surface area (Å²) < 4.78 is 28.4. The van der Waals surface area contributed by atoms with Gasteiger partial charge < -0.3 is 5.11 Å². The lowest BCUT2D eigenvalue weighted by Gasteiger charge is -2.22. The summed E-state index contributed by atoms with van der Waals surface area (Å²) in [6.45, 7) is 0.273. The second-order valence-electron chi connectivity index (χ2n) is 5.25. The molecule has 22 heavy (non-hydrogen) atoms. The minimum atomic E-state index is -3.63. The maximum Gasteiger partial charge on any atom is 0.243 e. The molecule has 2 aromatic rings. The smallest absolute Gasteiger partial charge is 0.243 e. The van der Waals surface area contributed by atoms with Crippen LogP contribution in [0.15, 0.2) is 29.2 Å². The second kappa shape index (κ2) is 5.75. The van der Waals surface area contributed by atoms with Crippen LogP contribution in [0, 0.1) is 0 Å². The number of aryl methyl sites for hydroxylation is 1. The average molecular weight is 323 g/mol. The molecule has 0 aliphatic carbocycles. The predicted molar refractivity (Wildman–Crippen MR) is 78.2 cm³/mol. The number of aliphatic hydroxyl groups is 1. The van der Waals surface area contributed by atoms with Gasteiger partial charge in [0.05, 0.1) is 11.5 Å². The van der Waals surface area contributed by atoms with Crippen molar-refractivity contribution in [3.8, 4) is 11.4 Å². The van der Waals surface area contributed by atoms with Gasteiger partial charge in [-0.2, -0.15) is 4.31 Å². The van der Waals surface area contributed by atoms with Crippen molar-refractivity contribution in [2.45, 2.75) is 23.8 Å². The van der Waals surface area contributed by atoms with E-state index in [0.717, 1.165) is 6.42 Å². The number of hydrogen-bond donors (Lipinski definition) is 1. The molecule has 1 saturated heterocycles. The number of sulfonamides is 1. The van der Waals surface area contributed by atoms with Crippen LogP contribution in [0.2, 0.25) is 0 Å². The van der Waals surface area contributed by atoms with E-state index >= 15 is 0 Å². The second-order valence-corrected chi connectivity index (χ2v) is 7.14. The monoisotopic (exact) mass is 323 g/mol. The highest BCUT2D eigenvalue weighted by atomic mass is 32.2. The van der Waals surface area contributed by atoms with Crippen LogP contribution in [0.4, 0.5) is 0 Å². The molecule has 0 saturated carbocycles. The first kappa shape index (κ1) is 15.1. The fraction of sp³-hybridized carbons (Fsp3) is 0.462. The van der Waals surface area contributed by atoms with E-state index in [2.05, 4.69) is 15.5 Å². The van der Waals surface area contributed by atoms with E-state index in [4.69, 9.17) is 0 Å². The van der Waals surface area contributed by atoms with Gasteiger partial charge >= 0.3 is 0 Å². The van der Waals surface area contributed by atoms with E-state index in [0.29, 0.717) is 24.4 Å². The van der Waals surface area contributed by atoms with Gasteiger partial charge in [0.15, 0.2) is 5.82 Å². The van der Waals surface area contributed by atoms with Crippen LogP contribution in [0.25, 0.3) is 11.4 Å². The largest absolute Gasteiger partial charge is 0.395 e. The van der Waals surface area contributed by atoms with Crippen LogP contribution in [-0.2, 0) is 17.1 Å². The van der Waals surface area contributed by atoms with Gasteiger partial charge in [0.2, 0.25) is 10.0 Å². The summed E-state index contributed by atoms with van der Waals surface area (Å²) in [5.74, 6) is 0.497. The lowest BCUT2D eigenvalue weighted by Crippen LogP contribution is -2.37. The van der Waals surface area contributed by atoms with Gasteiger partial charge in [0, 0.05) is 25.2 Å². The Labute approximate surface area is 128 Å². The zero-order valence-electron chi connectivity index (χ0n) is 12.1. The highest BCUT2D eigenvalue weighted by Crippen LogP contribution is 2.27. The molecule has 1 fully saturated rings. The summed E-state index contributed by atoms with van der Waals surface area (Å²) in [6.07, 6.45) is 1.44. The van der Waals surface area contributed by atoms with Crippen molar-refractivity contribution in [1.29, 1.82) is 0 Å². The quantitative estimate of drug-likeness (QED) is 0.851. The van der Waals surface area contributed by atoms with Crippen molar-refractivity contribution in [3.05, 3.63) is 24.3 Å². The van der Waals surface area contributed by atoms with Crippen molar-refractivity contribution >= 4 is 10.0 Å². The lowest BCUT2D eigenvalue weighted by molar-refractivity contribution is 0.213. The molecule has 1 aliphatic heterocycles. The Hall–Kier alpha value is -1.84. The molecule has 0 bridgehead atoms. The minimum absolute atomic E-state index is 0.161. The van der Waals surface area contributed by atoms with Gasteiger partial charge in [-0.25, -0.2) is 13.1 Å². The maximum absolute atomic E-state index is 12.8. The predicted octanol–water partition coefficient (Wildman–Crippen LogP) is 0.0225. The van der Waals surface area contributed by atoms with Crippen LogP contribution < -0.4 is 0 Å². The molecule has 118 valence electrons. The van der Waals surface area contributed by atoms with Crippen LogP contribution in [0.5, 0.6) is 0 Å². The standard InChI is InChI=1S/C13H17N5O3S/c1-17-13(14-15-16-17)10-4-2-6-12(8-10)22(20,21)18-7-3-5-11(18)9-19/h2,4,6,8,11,19H,3,5,7,9H2,1H3. The number of aliphatic hydroxyl groups excluding tert-OH is 1. The molecule has 0 radical (unpaired) electrons. The number of aromatic nitrogens is 4. The van der Waals surface area contributed by atoms with E-state index in [1.807, 2.05) is 0 Å². The van der Waals surface area contributed by atoms with Gasteiger partial charge in [-0.3, -0.25) is 0 Å². The summed E-state index contributed by atoms with van der Waals surface area (Å²) in [6, 6.07) is 6.20. The first-order valence-electron chi connectivity index (χ1n) is 6.99. The normalized spacial score (nSPS) is 19.6. The summed E-state index contributed by atoms with van der Waals surface area (Å²) in [5.41, 5.74) is 0.633. The van der Waals surface area contributed by atoms with Crippen molar-refractivity contribution in [2.75, 3.05) is 13.2 Å². The Kier molecular flexibility index (Phi) is 3.94. The Bertz CT molecular complexity index is 773. The van der Waals surface area contributed by atoms with Crippen LogP contribution >= 0.6 is 0 Å². The summed E-state index contributed by atoms with van der Waals surface area (Å²) in [7, 11) is -1.94. The van der Waals surface area contributed by atoms with Gasteiger partial charge in [0.25, 0.3) is 0 Å². The van der Waals surface area contributed by atoms with E-state index in [-0.39, 0.29) is 17.5 Å². The molecule has 8 nitrogen and oxygen atoms in total. The summed E-state index contributed by atoms with van der Waals surface area (Å²) in [5, 5.41) is 20.6. The first-order valence-corrected chi connectivity index (χ1v) is 8.43. The first-order chi connectivity index (χ1) is 10.5. The maximum atomic E-state index is 12.8. The molecule has 1 aromatic carbocycles. The van der Waals surface area contributed by atoms with Crippen LogP contribution in [0.1, 0.15) is 12.8 Å². The molecular weight excluding hydrogens is 306 g/mol. The molecule has 3 rings (SSSR count). The Morgan fingerprint density at radius 3 is 2.91 bits per heavy atom. The fourth-order valence-electron chi connectivity index (χ4n) is 2.71. The van der Waals surface area contributed by atoms with Gasteiger partial charge in [0.1, 0.15) is 0 Å². The van der Waals surface area contributed by atoms with Crippen molar-refractivity contribution < 1.29 is 13.5 Å². The molecule has 1 atom stereocenters. The molecular formula is C13H17N5O3S. The van der Waals surface area contributed by atoms with Crippen molar-refractivity contribution in [1.82, 2.24) is 24.5 Å². The molecule has 2 heterocycles. The topological polar surface area (TPSA) is 101 Å². The van der Waals surface area contributed by atoms with E-state index in [1.54, 1.807) is 31.3 Å². The highest BCUT2D eigenvalue weighted by Gasteiger charge is 2.34. The molecule has 1 aliphatic rings. The molecule has 0 spiro atoms. The Morgan fingerprint density at radius 1 is 1.41 bits per heavy atom. The summed E-state index contributed by atoms with van der Waals surface area (Å²) >= 11 is 0. The number of tetrazole rings is 1. The Balaban J connectivity index is 2.00. The highest BCUT2D eigenvalue weighted by molar-refractivity contribution is 7.89. The Morgan fingerprint density at radius 2 is 2.23 bits per heavy atom. The van der Waals surface area contributed by atoms with E-state index in [9.17, 15) is 13.5 Å². The molecule has 1 unspecified atom stereocenters. The molecule has 9 heteroatoms. The fourth-order valence-corrected chi connectivity index (χ4v) is 4.44. The lowest BCUT2D eigenvalue weighted by atomic mass is 10.2. The number of nitrogens with zero attached hydrogens (tertiary/aromatic N) is 5. The van der Waals surface area contributed by atoms with Gasteiger partial charge in [-0.15, -0.1) is 5.10 Å². The minimum Gasteiger partial charge on any atom is -0.395 e. The van der Waals surface area contributed by atoms with Crippen LogP contribution in [-0.4, -0.2) is 57.2 Å². The number of benzene rings is 1. The summed E-state index contributed by atoms with van der Waals surface area (Å²) in [4.78, 5) is 0.188. The molecule has 1 N–H and O–H groups in total. The van der Waals surface area contributed by atoms with Gasteiger partial charge in [-0.05, 0) is 35.4 Å². The number of rotatable bonds is 4. The average Bonchev–Trinajstić information content (AvgIpc) is 3.16. The van der Waals surface area contributed by atoms with Crippen LogP contribution in [0.3, 0.4) is 0 Å². The SMILES string of the molecule is Cn1nnnc1-c1cccc(S(=O)(=O)N2CCCC2CO)c1. The number of hydrogen-bond acceptors (Lipinski definition) is 6. The third-order valence-electron chi connectivity index (χ3n) is 3.85. The zero-order valence-corrected chi connectivity index (χ0v) is 12.9.